The van der Waals surface area contributed by atoms with Crippen LogP contribution < -0.4 is 5.32 Å². The Hall–Kier alpha value is -0.860. The van der Waals surface area contributed by atoms with Gasteiger partial charge in [-0.25, -0.2) is 0 Å². The Morgan fingerprint density at radius 2 is 1.89 bits per heavy atom. The van der Waals surface area contributed by atoms with Crippen LogP contribution in [0, 0.1) is 0 Å². The number of nitrogens with one attached hydrogen (secondary N) is 1. The van der Waals surface area contributed by atoms with Crippen LogP contribution in [-0.2, 0) is 6.54 Å². The fraction of sp³-hybridized carbons (Fsp3) is 0.647. The van der Waals surface area contributed by atoms with Gasteiger partial charge in [0, 0.05) is 6.54 Å². The number of benzene rings is 1. The van der Waals surface area contributed by atoms with Crippen molar-refractivity contribution >= 4 is 0 Å². The van der Waals surface area contributed by atoms with Gasteiger partial charge < -0.3 is 10.2 Å². The predicted molar refractivity (Wildman–Crippen MR) is 82.5 cm³/mol. The average Bonchev–Trinajstić information content (AvgIpc) is 3.28. The molecular formula is C17H28N2. The summed E-state index contributed by atoms with van der Waals surface area (Å²) >= 11 is 0. The fourth-order valence-electron chi connectivity index (χ4n) is 2.68. The van der Waals surface area contributed by atoms with Crippen molar-refractivity contribution in [3.63, 3.8) is 0 Å². The zero-order valence-corrected chi connectivity index (χ0v) is 12.5. The SMILES string of the molecule is CCN(CC)CCCNCc1ccccc1C1CC1. The first-order valence-electron chi connectivity index (χ1n) is 7.86. The molecule has 0 amide bonds. The lowest BCUT2D eigenvalue weighted by Gasteiger charge is -2.18. The van der Waals surface area contributed by atoms with E-state index in [1.807, 2.05) is 0 Å². The highest BCUT2D eigenvalue weighted by Crippen LogP contribution is 2.41. The summed E-state index contributed by atoms with van der Waals surface area (Å²) in [6, 6.07) is 8.94. The van der Waals surface area contributed by atoms with Gasteiger partial charge in [-0.05, 0) is 62.5 Å². The maximum Gasteiger partial charge on any atom is 0.0208 e. The van der Waals surface area contributed by atoms with E-state index in [4.69, 9.17) is 0 Å². The Morgan fingerprint density at radius 3 is 2.58 bits per heavy atom. The van der Waals surface area contributed by atoms with Gasteiger partial charge in [-0.1, -0.05) is 38.1 Å². The fourth-order valence-corrected chi connectivity index (χ4v) is 2.68. The minimum atomic E-state index is 0.855. The van der Waals surface area contributed by atoms with Gasteiger partial charge in [-0.3, -0.25) is 0 Å². The van der Waals surface area contributed by atoms with Gasteiger partial charge in [-0.15, -0.1) is 0 Å². The van der Waals surface area contributed by atoms with Crippen molar-refractivity contribution in [3.05, 3.63) is 35.4 Å². The summed E-state index contributed by atoms with van der Waals surface area (Å²) < 4.78 is 0. The van der Waals surface area contributed by atoms with Crippen molar-refractivity contribution < 1.29 is 0 Å². The van der Waals surface area contributed by atoms with Crippen molar-refractivity contribution in [2.75, 3.05) is 26.2 Å². The first-order valence-corrected chi connectivity index (χ1v) is 7.86. The molecule has 1 aromatic rings. The second-order valence-electron chi connectivity index (χ2n) is 5.53. The minimum Gasteiger partial charge on any atom is -0.313 e. The number of nitrogens with zero attached hydrogens (tertiary/aromatic N) is 1. The van der Waals surface area contributed by atoms with E-state index in [1.165, 1.54) is 44.5 Å². The molecule has 1 fully saturated rings. The smallest absolute Gasteiger partial charge is 0.0208 e. The average molecular weight is 260 g/mol. The van der Waals surface area contributed by atoms with Crippen LogP contribution in [0.3, 0.4) is 0 Å². The molecule has 1 aromatic carbocycles. The summed E-state index contributed by atoms with van der Waals surface area (Å²) in [7, 11) is 0. The summed E-state index contributed by atoms with van der Waals surface area (Å²) in [5, 5.41) is 3.60. The third kappa shape index (κ3) is 4.63. The molecule has 0 heterocycles. The summed E-state index contributed by atoms with van der Waals surface area (Å²) in [5.74, 6) is 0.855. The molecule has 0 atom stereocenters. The molecule has 0 bridgehead atoms. The van der Waals surface area contributed by atoms with E-state index in [-0.39, 0.29) is 0 Å². The van der Waals surface area contributed by atoms with E-state index in [2.05, 4.69) is 48.3 Å². The van der Waals surface area contributed by atoms with Gasteiger partial charge in [0.05, 0.1) is 0 Å². The second kappa shape index (κ2) is 7.66. The molecule has 2 nitrogen and oxygen atoms in total. The highest BCUT2D eigenvalue weighted by molar-refractivity contribution is 5.33. The predicted octanol–water partition coefficient (Wildman–Crippen LogP) is 3.39. The van der Waals surface area contributed by atoms with E-state index in [0.29, 0.717) is 0 Å². The van der Waals surface area contributed by atoms with Gasteiger partial charge in [0.15, 0.2) is 0 Å². The lowest BCUT2D eigenvalue weighted by Crippen LogP contribution is -2.27. The molecule has 1 aliphatic carbocycles. The summed E-state index contributed by atoms with van der Waals surface area (Å²) in [6.45, 7) is 10.2. The minimum absolute atomic E-state index is 0.855. The van der Waals surface area contributed by atoms with Gasteiger partial charge in [-0.2, -0.15) is 0 Å². The number of hydrogen-bond acceptors (Lipinski definition) is 2. The summed E-state index contributed by atoms with van der Waals surface area (Å²) in [5.41, 5.74) is 3.09. The lowest BCUT2D eigenvalue weighted by atomic mass is 10.0. The Kier molecular flexibility index (Phi) is 5.87. The van der Waals surface area contributed by atoms with E-state index in [9.17, 15) is 0 Å². The van der Waals surface area contributed by atoms with Crippen molar-refractivity contribution in [2.24, 2.45) is 0 Å². The van der Waals surface area contributed by atoms with E-state index in [0.717, 1.165) is 19.0 Å². The monoisotopic (exact) mass is 260 g/mol. The molecule has 106 valence electrons. The van der Waals surface area contributed by atoms with Crippen LogP contribution in [0.2, 0.25) is 0 Å². The van der Waals surface area contributed by atoms with Crippen molar-refractivity contribution in [3.8, 4) is 0 Å². The van der Waals surface area contributed by atoms with Crippen molar-refractivity contribution in [1.29, 1.82) is 0 Å². The maximum absolute atomic E-state index is 3.60. The van der Waals surface area contributed by atoms with Crippen LogP contribution >= 0.6 is 0 Å². The van der Waals surface area contributed by atoms with Gasteiger partial charge in [0.25, 0.3) is 0 Å². The standard InChI is InChI=1S/C17H28N2/c1-3-19(4-2)13-7-12-18-14-16-8-5-6-9-17(16)15-10-11-15/h5-6,8-9,15,18H,3-4,7,10-14H2,1-2H3. The molecule has 0 saturated heterocycles. The van der Waals surface area contributed by atoms with Crippen LogP contribution in [0.4, 0.5) is 0 Å². The van der Waals surface area contributed by atoms with Crippen LogP contribution in [0.15, 0.2) is 24.3 Å². The second-order valence-corrected chi connectivity index (χ2v) is 5.53. The summed E-state index contributed by atoms with van der Waals surface area (Å²) in [4.78, 5) is 2.49. The van der Waals surface area contributed by atoms with E-state index >= 15 is 0 Å². The molecule has 2 rings (SSSR count). The number of hydrogen-bond donors (Lipinski definition) is 1. The highest BCUT2D eigenvalue weighted by Gasteiger charge is 2.25. The van der Waals surface area contributed by atoms with Crippen molar-refractivity contribution in [1.82, 2.24) is 10.2 Å². The first-order chi connectivity index (χ1) is 9.35. The lowest BCUT2D eigenvalue weighted by molar-refractivity contribution is 0.298. The molecule has 0 spiro atoms. The molecule has 0 aliphatic heterocycles. The first kappa shape index (κ1) is 14.5. The van der Waals surface area contributed by atoms with E-state index < -0.39 is 0 Å². The third-order valence-electron chi connectivity index (χ3n) is 4.11. The third-order valence-corrected chi connectivity index (χ3v) is 4.11. The topological polar surface area (TPSA) is 15.3 Å². The Labute approximate surface area is 118 Å². The van der Waals surface area contributed by atoms with Gasteiger partial charge in [0.2, 0.25) is 0 Å². The molecule has 0 radical (unpaired) electrons. The van der Waals surface area contributed by atoms with Crippen molar-refractivity contribution in [2.45, 2.75) is 45.6 Å². The molecule has 1 aliphatic rings. The molecular weight excluding hydrogens is 232 g/mol. The molecule has 0 aromatic heterocycles. The normalized spacial score (nSPS) is 15.1. The molecule has 1 N–H and O–H groups in total. The van der Waals surface area contributed by atoms with Gasteiger partial charge >= 0.3 is 0 Å². The Morgan fingerprint density at radius 1 is 1.16 bits per heavy atom. The maximum atomic E-state index is 3.60. The van der Waals surface area contributed by atoms with Gasteiger partial charge in [0.1, 0.15) is 0 Å². The Bertz CT molecular complexity index is 367. The molecule has 2 heteroatoms. The molecule has 19 heavy (non-hydrogen) atoms. The summed E-state index contributed by atoms with van der Waals surface area (Å²) in [6.07, 6.45) is 4.02. The van der Waals surface area contributed by atoms with Crippen LogP contribution in [-0.4, -0.2) is 31.1 Å². The number of rotatable bonds is 9. The van der Waals surface area contributed by atoms with Crippen LogP contribution in [0.5, 0.6) is 0 Å². The zero-order chi connectivity index (χ0) is 13.5. The molecule has 1 saturated carbocycles. The van der Waals surface area contributed by atoms with Crippen LogP contribution in [0.25, 0.3) is 0 Å². The van der Waals surface area contributed by atoms with Crippen LogP contribution in [0.1, 0.15) is 50.2 Å². The Balaban J connectivity index is 1.68. The quantitative estimate of drug-likeness (QED) is 0.685. The largest absolute Gasteiger partial charge is 0.313 e. The van der Waals surface area contributed by atoms with E-state index in [1.54, 1.807) is 5.56 Å². The zero-order valence-electron chi connectivity index (χ0n) is 12.5. The highest BCUT2D eigenvalue weighted by atomic mass is 15.1. The molecule has 0 unspecified atom stereocenters.